The van der Waals surface area contributed by atoms with Crippen molar-refractivity contribution >= 4 is 5.97 Å². The molecular weight excluding hydrogens is 176 g/mol. The van der Waals surface area contributed by atoms with Gasteiger partial charge in [-0.1, -0.05) is 32.9 Å². The molecule has 0 bridgehead atoms. The lowest BCUT2D eigenvalue weighted by Crippen LogP contribution is -2.29. The van der Waals surface area contributed by atoms with Gasteiger partial charge in [-0.05, 0) is 25.7 Å². The third kappa shape index (κ3) is 4.45. The van der Waals surface area contributed by atoms with Crippen LogP contribution in [0.15, 0.2) is 12.2 Å². The molecule has 2 heteroatoms. The van der Waals surface area contributed by atoms with Crippen molar-refractivity contribution in [3.05, 3.63) is 12.2 Å². The molecule has 0 aliphatic carbocycles. The quantitative estimate of drug-likeness (QED) is 0.512. The maximum Gasteiger partial charge on any atom is 0.309 e. The van der Waals surface area contributed by atoms with Crippen molar-refractivity contribution in [2.75, 3.05) is 6.61 Å². The van der Waals surface area contributed by atoms with Crippen LogP contribution in [0.5, 0.6) is 0 Å². The lowest BCUT2D eigenvalue weighted by Gasteiger charge is -2.27. The van der Waals surface area contributed by atoms with Crippen LogP contribution in [0, 0.1) is 11.3 Å². The highest BCUT2D eigenvalue weighted by atomic mass is 16.5. The Kier molecular flexibility index (Phi) is 5.51. The maximum absolute atomic E-state index is 11.6. The van der Waals surface area contributed by atoms with Gasteiger partial charge < -0.3 is 4.74 Å². The molecule has 0 saturated carbocycles. The van der Waals surface area contributed by atoms with Gasteiger partial charge >= 0.3 is 5.97 Å². The highest BCUT2D eigenvalue weighted by Gasteiger charge is 2.31. The summed E-state index contributed by atoms with van der Waals surface area (Å²) in [4.78, 5) is 11.6. The van der Waals surface area contributed by atoms with Crippen LogP contribution < -0.4 is 0 Å². The second kappa shape index (κ2) is 5.84. The van der Waals surface area contributed by atoms with E-state index in [0.717, 1.165) is 6.42 Å². The number of carbonyl (C=O) groups excluding carboxylic acids is 1. The first-order chi connectivity index (χ1) is 6.43. The SMILES string of the molecule is C/C=C/CC(C(=O)OCC)C(C)(C)C. The Morgan fingerprint density at radius 1 is 1.43 bits per heavy atom. The summed E-state index contributed by atoms with van der Waals surface area (Å²) >= 11 is 0. The first kappa shape index (κ1) is 13.2. The van der Waals surface area contributed by atoms with Gasteiger partial charge in [0.25, 0.3) is 0 Å². The molecule has 1 unspecified atom stereocenters. The largest absolute Gasteiger partial charge is 0.466 e. The number of allylic oxidation sites excluding steroid dienone is 2. The van der Waals surface area contributed by atoms with E-state index in [9.17, 15) is 4.79 Å². The van der Waals surface area contributed by atoms with Gasteiger partial charge in [-0.3, -0.25) is 4.79 Å². The molecule has 0 aromatic carbocycles. The summed E-state index contributed by atoms with van der Waals surface area (Å²) in [5, 5.41) is 0. The summed E-state index contributed by atoms with van der Waals surface area (Å²) in [6.07, 6.45) is 4.75. The minimum absolute atomic E-state index is 0.0359. The van der Waals surface area contributed by atoms with Crippen molar-refractivity contribution < 1.29 is 9.53 Å². The molecule has 1 atom stereocenters. The molecule has 0 radical (unpaired) electrons. The molecule has 2 nitrogen and oxygen atoms in total. The van der Waals surface area contributed by atoms with Crippen LogP contribution in [0.1, 0.15) is 41.0 Å². The van der Waals surface area contributed by atoms with Gasteiger partial charge in [0.15, 0.2) is 0 Å². The van der Waals surface area contributed by atoms with Crippen LogP contribution in [-0.4, -0.2) is 12.6 Å². The van der Waals surface area contributed by atoms with Gasteiger partial charge in [-0.2, -0.15) is 0 Å². The summed E-state index contributed by atoms with van der Waals surface area (Å²) in [7, 11) is 0. The zero-order valence-corrected chi connectivity index (χ0v) is 9.96. The number of ether oxygens (including phenoxy) is 1. The van der Waals surface area contributed by atoms with E-state index in [2.05, 4.69) is 20.8 Å². The summed E-state index contributed by atoms with van der Waals surface area (Å²) in [5.41, 5.74) is -0.0359. The van der Waals surface area contributed by atoms with Crippen molar-refractivity contribution in [1.82, 2.24) is 0 Å². The van der Waals surface area contributed by atoms with Crippen LogP contribution in [0.2, 0.25) is 0 Å². The molecule has 0 aromatic rings. The van der Waals surface area contributed by atoms with Gasteiger partial charge in [0, 0.05) is 0 Å². The van der Waals surface area contributed by atoms with Crippen molar-refractivity contribution in [2.45, 2.75) is 41.0 Å². The summed E-state index contributed by atoms with van der Waals surface area (Å²) in [6.45, 7) is 10.5. The lowest BCUT2D eigenvalue weighted by molar-refractivity contribution is -0.151. The normalized spacial score (nSPS) is 14.4. The van der Waals surface area contributed by atoms with Gasteiger partial charge in [-0.25, -0.2) is 0 Å². The van der Waals surface area contributed by atoms with E-state index in [1.54, 1.807) is 0 Å². The Morgan fingerprint density at radius 2 is 2.00 bits per heavy atom. The monoisotopic (exact) mass is 198 g/mol. The summed E-state index contributed by atoms with van der Waals surface area (Å²) < 4.78 is 5.05. The Labute approximate surface area is 87.3 Å². The smallest absolute Gasteiger partial charge is 0.309 e. The van der Waals surface area contributed by atoms with Crippen LogP contribution in [0.4, 0.5) is 0 Å². The Morgan fingerprint density at radius 3 is 2.36 bits per heavy atom. The zero-order chi connectivity index (χ0) is 11.2. The Hall–Kier alpha value is -0.790. The van der Waals surface area contributed by atoms with Crippen LogP contribution in [0.25, 0.3) is 0 Å². The third-order valence-electron chi connectivity index (χ3n) is 2.22. The molecule has 82 valence electrons. The molecule has 0 rings (SSSR count). The van der Waals surface area contributed by atoms with Crippen molar-refractivity contribution in [3.63, 3.8) is 0 Å². The van der Waals surface area contributed by atoms with E-state index in [1.165, 1.54) is 0 Å². The summed E-state index contributed by atoms with van der Waals surface area (Å²) in [5.74, 6) is -0.128. The average Bonchev–Trinajstić information content (AvgIpc) is 2.03. The molecule has 0 heterocycles. The van der Waals surface area contributed by atoms with E-state index in [4.69, 9.17) is 4.74 Å². The van der Waals surface area contributed by atoms with E-state index in [-0.39, 0.29) is 17.3 Å². The minimum atomic E-state index is -0.0851. The van der Waals surface area contributed by atoms with Crippen molar-refractivity contribution in [1.29, 1.82) is 0 Å². The number of hydrogen-bond acceptors (Lipinski definition) is 2. The van der Waals surface area contributed by atoms with Gasteiger partial charge in [0.2, 0.25) is 0 Å². The number of esters is 1. The van der Waals surface area contributed by atoms with E-state index in [0.29, 0.717) is 6.61 Å². The van der Waals surface area contributed by atoms with Gasteiger partial charge in [0.1, 0.15) is 0 Å². The molecule has 0 N–H and O–H groups in total. The highest BCUT2D eigenvalue weighted by molar-refractivity contribution is 5.73. The van der Waals surface area contributed by atoms with Crippen LogP contribution in [0.3, 0.4) is 0 Å². The predicted octanol–water partition coefficient (Wildman–Crippen LogP) is 3.18. The Balaban J connectivity index is 4.47. The molecule has 0 aromatic heterocycles. The second-order valence-corrected chi connectivity index (χ2v) is 4.48. The van der Waals surface area contributed by atoms with Crippen LogP contribution >= 0.6 is 0 Å². The lowest BCUT2D eigenvalue weighted by atomic mass is 9.79. The second-order valence-electron chi connectivity index (χ2n) is 4.48. The minimum Gasteiger partial charge on any atom is -0.466 e. The van der Waals surface area contributed by atoms with E-state index >= 15 is 0 Å². The molecule has 0 amide bonds. The first-order valence-electron chi connectivity index (χ1n) is 5.21. The maximum atomic E-state index is 11.6. The van der Waals surface area contributed by atoms with Crippen molar-refractivity contribution in [3.8, 4) is 0 Å². The number of carbonyl (C=O) groups is 1. The third-order valence-corrected chi connectivity index (χ3v) is 2.22. The fourth-order valence-corrected chi connectivity index (χ4v) is 1.32. The summed E-state index contributed by atoms with van der Waals surface area (Å²) in [6, 6.07) is 0. The fraction of sp³-hybridized carbons (Fsp3) is 0.750. The standard InChI is InChI=1S/C12H22O2/c1-6-8-9-10(12(3,4)5)11(13)14-7-2/h6,8,10H,7,9H2,1-5H3/b8-6+. The van der Waals surface area contributed by atoms with Crippen molar-refractivity contribution in [2.24, 2.45) is 11.3 Å². The molecule has 14 heavy (non-hydrogen) atoms. The molecule has 0 fully saturated rings. The average molecular weight is 198 g/mol. The molecular formula is C12H22O2. The molecule has 0 aliphatic heterocycles. The molecule has 0 spiro atoms. The topological polar surface area (TPSA) is 26.3 Å². The predicted molar refractivity (Wildman–Crippen MR) is 59.0 cm³/mol. The number of hydrogen-bond donors (Lipinski definition) is 0. The Bertz CT molecular complexity index is 199. The van der Waals surface area contributed by atoms with Gasteiger partial charge in [0.05, 0.1) is 12.5 Å². The number of rotatable bonds is 4. The van der Waals surface area contributed by atoms with Crippen LogP contribution in [-0.2, 0) is 9.53 Å². The van der Waals surface area contributed by atoms with E-state index < -0.39 is 0 Å². The van der Waals surface area contributed by atoms with E-state index in [1.807, 2.05) is 26.0 Å². The molecule has 0 saturated heterocycles. The fourth-order valence-electron chi connectivity index (χ4n) is 1.32. The first-order valence-corrected chi connectivity index (χ1v) is 5.21. The molecule has 0 aliphatic rings. The highest BCUT2D eigenvalue weighted by Crippen LogP contribution is 2.30. The van der Waals surface area contributed by atoms with Gasteiger partial charge in [-0.15, -0.1) is 0 Å². The zero-order valence-electron chi connectivity index (χ0n) is 9.96.